The van der Waals surface area contributed by atoms with Gasteiger partial charge < -0.3 is 0 Å². The lowest BCUT2D eigenvalue weighted by Crippen LogP contribution is -2.46. The fraction of sp³-hybridized carbons (Fsp3) is 1.00. The van der Waals surface area contributed by atoms with E-state index in [0.717, 1.165) is 29.8 Å². The Balaban J connectivity index is 2.11. The summed E-state index contributed by atoms with van der Waals surface area (Å²) in [4.78, 5) is 2.89. The third-order valence-electron chi connectivity index (χ3n) is 6.55. The maximum absolute atomic E-state index is 2.89. The van der Waals surface area contributed by atoms with Crippen LogP contribution in [0, 0.1) is 17.8 Å². The molecule has 0 aromatic rings. The normalized spacial score (nSPS) is 33.3. The Hall–Kier alpha value is -0.0400. The van der Waals surface area contributed by atoms with Gasteiger partial charge in [0.1, 0.15) is 0 Å². The number of likely N-dealkylation sites (tertiary alicyclic amines) is 1. The molecule has 0 aromatic carbocycles. The van der Waals surface area contributed by atoms with Gasteiger partial charge in [-0.25, -0.2) is 0 Å². The lowest BCUT2D eigenvalue weighted by atomic mass is 9.78. The highest BCUT2D eigenvalue weighted by Gasteiger charge is 2.31. The van der Waals surface area contributed by atoms with E-state index in [0.29, 0.717) is 0 Å². The molecule has 130 valence electrons. The smallest absolute Gasteiger partial charge is 0.0126 e. The maximum atomic E-state index is 2.89. The van der Waals surface area contributed by atoms with Crippen molar-refractivity contribution in [1.82, 2.24) is 4.90 Å². The predicted molar refractivity (Wildman–Crippen MR) is 98.2 cm³/mol. The fourth-order valence-electron chi connectivity index (χ4n) is 5.07. The van der Waals surface area contributed by atoms with Gasteiger partial charge in [-0.1, -0.05) is 52.4 Å². The van der Waals surface area contributed by atoms with Gasteiger partial charge in [0.2, 0.25) is 0 Å². The molecule has 2 fully saturated rings. The molecule has 22 heavy (non-hydrogen) atoms. The molecule has 2 aliphatic rings. The van der Waals surface area contributed by atoms with Gasteiger partial charge in [0.05, 0.1) is 0 Å². The van der Waals surface area contributed by atoms with E-state index in [2.05, 4.69) is 32.6 Å². The Kier molecular flexibility index (Phi) is 7.74. The van der Waals surface area contributed by atoms with Crippen LogP contribution in [0.2, 0.25) is 0 Å². The molecule has 0 bridgehead atoms. The zero-order valence-corrected chi connectivity index (χ0v) is 15.8. The van der Waals surface area contributed by atoms with Gasteiger partial charge in [0.15, 0.2) is 0 Å². The fourth-order valence-corrected chi connectivity index (χ4v) is 5.07. The molecule has 2 rings (SSSR count). The van der Waals surface area contributed by atoms with E-state index in [1.807, 2.05) is 0 Å². The highest BCUT2D eigenvalue weighted by Crippen LogP contribution is 2.35. The molecule has 1 heterocycles. The third-order valence-corrected chi connectivity index (χ3v) is 6.55. The van der Waals surface area contributed by atoms with E-state index in [9.17, 15) is 0 Å². The summed E-state index contributed by atoms with van der Waals surface area (Å²) in [5.41, 5.74) is 0. The van der Waals surface area contributed by atoms with E-state index in [-0.39, 0.29) is 0 Å². The Morgan fingerprint density at radius 1 is 0.682 bits per heavy atom. The first-order valence-corrected chi connectivity index (χ1v) is 10.3. The summed E-state index contributed by atoms with van der Waals surface area (Å²) in [5.74, 6) is 2.82. The lowest BCUT2D eigenvalue weighted by molar-refractivity contribution is 0.0664. The van der Waals surface area contributed by atoms with Gasteiger partial charge in [0.25, 0.3) is 0 Å². The Labute approximate surface area is 140 Å². The van der Waals surface area contributed by atoms with Crippen LogP contribution in [0.25, 0.3) is 0 Å². The van der Waals surface area contributed by atoms with Gasteiger partial charge in [-0.05, 0) is 70.3 Å². The first-order valence-electron chi connectivity index (χ1n) is 10.3. The average molecular weight is 308 g/mol. The van der Waals surface area contributed by atoms with Crippen molar-refractivity contribution in [2.45, 2.75) is 110 Å². The van der Waals surface area contributed by atoms with Crippen LogP contribution >= 0.6 is 0 Å². The number of rotatable bonds is 2. The van der Waals surface area contributed by atoms with E-state index >= 15 is 0 Å². The number of hydrogen-bond donors (Lipinski definition) is 0. The molecule has 1 aliphatic heterocycles. The van der Waals surface area contributed by atoms with E-state index in [1.165, 1.54) is 77.2 Å². The molecule has 1 aliphatic carbocycles. The largest absolute Gasteiger partial charge is 0.298 e. The van der Waals surface area contributed by atoms with Crippen molar-refractivity contribution in [2.24, 2.45) is 17.8 Å². The average Bonchev–Trinajstić information content (AvgIpc) is 2.45. The van der Waals surface area contributed by atoms with Crippen molar-refractivity contribution >= 4 is 0 Å². The summed E-state index contributed by atoms with van der Waals surface area (Å²) in [6, 6.07) is 1.60. The minimum absolute atomic E-state index is 0.728. The van der Waals surface area contributed by atoms with E-state index in [4.69, 9.17) is 0 Å². The summed E-state index contributed by atoms with van der Waals surface area (Å²) >= 11 is 0. The zero-order valence-electron chi connectivity index (χ0n) is 15.8. The first-order chi connectivity index (χ1) is 10.6. The third kappa shape index (κ3) is 5.25. The Bertz CT molecular complexity index is 296. The second kappa shape index (κ2) is 9.30. The Morgan fingerprint density at radius 2 is 1.32 bits per heavy atom. The van der Waals surface area contributed by atoms with Crippen molar-refractivity contribution in [3.63, 3.8) is 0 Å². The van der Waals surface area contributed by atoms with E-state index < -0.39 is 0 Å². The minimum atomic E-state index is 0.728. The van der Waals surface area contributed by atoms with E-state index in [1.54, 1.807) is 0 Å². The standard InChI is InChI=1S/C21H41N/c1-17(2)19-11-7-5-8-12-20-13-9-6-10-16-22(18(3)4)21(20)15-14-19/h17-21H,5-16H2,1-4H3. The monoisotopic (exact) mass is 307 g/mol. The summed E-state index contributed by atoms with van der Waals surface area (Å²) in [6.07, 6.45) is 16.2. The van der Waals surface area contributed by atoms with Gasteiger partial charge in [-0.3, -0.25) is 4.90 Å². The molecule has 3 unspecified atom stereocenters. The Morgan fingerprint density at radius 3 is 1.95 bits per heavy atom. The highest BCUT2D eigenvalue weighted by atomic mass is 15.2. The van der Waals surface area contributed by atoms with Crippen molar-refractivity contribution in [3.8, 4) is 0 Å². The molecule has 1 saturated carbocycles. The molecular formula is C21H41N. The number of nitrogens with zero attached hydrogens (tertiary/aromatic N) is 1. The summed E-state index contributed by atoms with van der Waals surface area (Å²) in [7, 11) is 0. The quantitative estimate of drug-likeness (QED) is 0.581. The molecule has 0 amide bonds. The number of hydrogen-bond acceptors (Lipinski definition) is 1. The van der Waals surface area contributed by atoms with Crippen LogP contribution in [0.1, 0.15) is 98.3 Å². The molecular weight excluding hydrogens is 266 g/mol. The van der Waals surface area contributed by atoms with Crippen LogP contribution in [0.15, 0.2) is 0 Å². The van der Waals surface area contributed by atoms with Crippen LogP contribution in [-0.4, -0.2) is 23.5 Å². The molecule has 1 saturated heterocycles. The van der Waals surface area contributed by atoms with Gasteiger partial charge >= 0.3 is 0 Å². The van der Waals surface area contributed by atoms with Crippen molar-refractivity contribution in [2.75, 3.05) is 6.54 Å². The van der Waals surface area contributed by atoms with Crippen LogP contribution < -0.4 is 0 Å². The van der Waals surface area contributed by atoms with Crippen LogP contribution in [0.5, 0.6) is 0 Å². The van der Waals surface area contributed by atoms with Crippen LogP contribution in [-0.2, 0) is 0 Å². The molecule has 0 spiro atoms. The van der Waals surface area contributed by atoms with Crippen molar-refractivity contribution < 1.29 is 0 Å². The summed E-state index contributed by atoms with van der Waals surface area (Å²) in [5, 5.41) is 0. The van der Waals surface area contributed by atoms with Gasteiger partial charge in [-0.2, -0.15) is 0 Å². The first kappa shape index (κ1) is 18.3. The SMILES string of the molecule is CC(C)C1CCCCCC2CCCCCN(C(C)C)C2CC1. The van der Waals surface area contributed by atoms with Crippen LogP contribution in [0.4, 0.5) is 0 Å². The zero-order chi connectivity index (χ0) is 15.9. The molecule has 0 aromatic heterocycles. The van der Waals surface area contributed by atoms with Crippen molar-refractivity contribution in [3.05, 3.63) is 0 Å². The summed E-state index contributed by atoms with van der Waals surface area (Å²) in [6.45, 7) is 11.1. The second-order valence-corrected chi connectivity index (χ2v) is 8.73. The van der Waals surface area contributed by atoms with Crippen molar-refractivity contribution in [1.29, 1.82) is 0 Å². The molecule has 1 nitrogen and oxygen atoms in total. The summed E-state index contributed by atoms with van der Waals surface area (Å²) < 4.78 is 0. The number of fused-ring (bicyclic) bond motifs is 1. The molecule has 3 atom stereocenters. The maximum Gasteiger partial charge on any atom is 0.0126 e. The topological polar surface area (TPSA) is 3.24 Å². The second-order valence-electron chi connectivity index (χ2n) is 8.73. The minimum Gasteiger partial charge on any atom is -0.298 e. The van der Waals surface area contributed by atoms with Gasteiger partial charge in [-0.15, -0.1) is 0 Å². The predicted octanol–water partition coefficient (Wildman–Crippen LogP) is 6.27. The highest BCUT2D eigenvalue weighted by molar-refractivity contribution is 4.85. The lowest BCUT2D eigenvalue weighted by Gasteiger charge is -2.43. The van der Waals surface area contributed by atoms with Gasteiger partial charge in [0, 0.05) is 12.1 Å². The molecule has 0 N–H and O–H groups in total. The molecule has 0 radical (unpaired) electrons. The molecule has 1 heteroatoms. The van der Waals surface area contributed by atoms with Crippen LogP contribution in [0.3, 0.4) is 0 Å².